The van der Waals surface area contributed by atoms with Crippen molar-refractivity contribution >= 4 is 6.72 Å². The first kappa shape index (κ1) is 29.2. The van der Waals surface area contributed by atoms with E-state index < -0.39 is 0 Å². The Labute approximate surface area is 95.9 Å². The molecule has 4 heteroatoms. The Morgan fingerprint density at radius 1 is 1.13 bits per heavy atom. The van der Waals surface area contributed by atoms with Crippen LogP contribution in [0.3, 0.4) is 0 Å². The Kier molecular flexibility index (Phi) is 153. The minimum absolute atomic E-state index is 1.14. The van der Waals surface area contributed by atoms with Crippen molar-refractivity contribution in [3.63, 3.8) is 0 Å². The first-order valence-corrected chi connectivity index (χ1v) is 5.35. The minimum atomic E-state index is 1.14. The van der Waals surface area contributed by atoms with Crippen molar-refractivity contribution < 1.29 is 4.68 Å². The summed E-state index contributed by atoms with van der Waals surface area (Å²) in [6, 6.07) is 0. The third-order valence-electron chi connectivity index (χ3n) is 0.193. The first-order valence-electron chi connectivity index (χ1n) is 5.35. The molecule has 0 aromatic carbocycles. The zero-order chi connectivity index (χ0) is 13.7. The molecule has 92 valence electrons. The molecule has 0 aliphatic heterocycles. The van der Waals surface area contributed by atoms with Gasteiger partial charge in [0, 0.05) is 5.53 Å². The molecule has 0 aliphatic rings. The lowest BCUT2D eigenvalue weighted by atomic mass is 10.8. The molecule has 0 radical (unpaired) electrons. The summed E-state index contributed by atoms with van der Waals surface area (Å²) < 4.78 is 1.14. The van der Waals surface area contributed by atoms with Crippen molar-refractivity contribution in [2.45, 2.75) is 48.5 Å². The number of nitrogens with zero attached hydrogens (tertiary/aromatic N) is 4. The highest BCUT2D eigenvalue weighted by atomic mass is 15.5. The Bertz CT molecular complexity index is 136. The smallest absolute Gasteiger partial charge is 0.125 e. The summed E-state index contributed by atoms with van der Waals surface area (Å²) in [5.41, 5.74) is 7.61. The quantitative estimate of drug-likeness (QED) is 0.115. The highest BCUT2D eigenvalue weighted by Crippen LogP contribution is 1.61. The monoisotopic (exact) mass is 217 g/mol. The van der Waals surface area contributed by atoms with E-state index in [0.29, 0.717) is 0 Å². The molecule has 0 bridgehead atoms. The fourth-order valence-corrected chi connectivity index (χ4v) is 0.0683. The van der Waals surface area contributed by atoms with Crippen molar-refractivity contribution in [2.24, 2.45) is 5.22 Å². The predicted octanol–water partition coefficient (Wildman–Crippen LogP) is 4.83. The van der Waals surface area contributed by atoms with E-state index in [1.54, 1.807) is 13.1 Å². The molecule has 0 aromatic heterocycles. The van der Waals surface area contributed by atoms with E-state index in [0.717, 1.165) is 4.68 Å². The van der Waals surface area contributed by atoms with Crippen LogP contribution in [0.4, 0.5) is 0 Å². The second-order valence-electron chi connectivity index (χ2n) is 1.24. The molecule has 0 unspecified atom stereocenters. The van der Waals surface area contributed by atoms with Gasteiger partial charge in [0.25, 0.3) is 0 Å². The molecule has 0 saturated heterocycles. The fraction of sp³-hybridized carbons (Fsp3) is 0.727. The Hall–Kier alpha value is -1.28. The van der Waals surface area contributed by atoms with Gasteiger partial charge in [0.2, 0.25) is 0 Å². The molecule has 0 aliphatic carbocycles. The summed E-state index contributed by atoms with van der Waals surface area (Å²) in [6.07, 6.45) is 1.75. The van der Waals surface area contributed by atoms with Gasteiger partial charge in [-0.05, 0) is 6.92 Å². The molecule has 4 nitrogen and oxygen atoms in total. The molecular formula is C11H29N4+. The fourth-order valence-electron chi connectivity index (χ4n) is 0.0683. The van der Waals surface area contributed by atoms with Crippen molar-refractivity contribution in [1.82, 2.24) is 0 Å². The second-order valence-corrected chi connectivity index (χ2v) is 1.24. The van der Waals surface area contributed by atoms with Gasteiger partial charge in [0.15, 0.2) is 12.3 Å². The van der Waals surface area contributed by atoms with Crippen LogP contribution in [-0.4, -0.2) is 18.4 Å². The molecule has 0 amide bonds. The number of hydrogen-bond acceptors (Lipinski definition) is 1. The Morgan fingerprint density at radius 3 is 1.33 bits per heavy atom. The second kappa shape index (κ2) is 78.4. The molecule has 0 atom stereocenters. The molecule has 0 N–H and O–H groups in total. The van der Waals surface area contributed by atoms with Crippen LogP contribution in [0.5, 0.6) is 0 Å². The van der Waals surface area contributed by atoms with Gasteiger partial charge in [-0.3, -0.25) is 0 Å². The van der Waals surface area contributed by atoms with Crippen LogP contribution >= 0.6 is 0 Å². The standard InChI is InChI=1S/C3H6.C2H5N4.3C2H6/c1-3-2;1-6(2)5-4-3;3*1-2/h3H,1H2,2H3;1H2,2H3;3*1-2H3/q;+1;;;. The van der Waals surface area contributed by atoms with Gasteiger partial charge >= 0.3 is 0 Å². The normalized spacial score (nSPS) is 4.53. The van der Waals surface area contributed by atoms with Crippen LogP contribution in [0.25, 0.3) is 10.4 Å². The highest BCUT2D eigenvalue weighted by molar-refractivity contribution is 5.13. The summed E-state index contributed by atoms with van der Waals surface area (Å²) in [6.45, 7) is 20.5. The zero-order valence-electron chi connectivity index (χ0n) is 11.8. The lowest BCUT2D eigenvalue weighted by Crippen LogP contribution is -1.84. The van der Waals surface area contributed by atoms with Crippen LogP contribution in [0.1, 0.15) is 48.5 Å². The van der Waals surface area contributed by atoms with E-state index >= 15 is 0 Å². The number of hydrogen-bond donors (Lipinski definition) is 0. The molecule has 0 fully saturated rings. The van der Waals surface area contributed by atoms with Crippen LogP contribution in [0.15, 0.2) is 17.9 Å². The van der Waals surface area contributed by atoms with E-state index in [-0.39, 0.29) is 0 Å². The van der Waals surface area contributed by atoms with Gasteiger partial charge in [-0.1, -0.05) is 47.6 Å². The predicted molar refractivity (Wildman–Crippen MR) is 72.4 cm³/mol. The molecule has 0 aromatic rings. The minimum Gasteiger partial charge on any atom is -0.125 e. The molecule has 0 rings (SSSR count). The SMILES string of the molecule is C=CC.C=[N+](C)N=[N+]=[N-].CC.CC.CC. The van der Waals surface area contributed by atoms with E-state index in [2.05, 4.69) is 23.4 Å². The highest BCUT2D eigenvalue weighted by Gasteiger charge is 1.71. The van der Waals surface area contributed by atoms with Crippen LogP contribution < -0.4 is 0 Å². The molecular weight excluding hydrogens is 188 g/mol. The van der Waals surface area contributed by atoms with Gasteiger partial charge in [-0.15, -0.1) is 11.3 Å². The maximum atomic E-state index is 7.61. The van der Waals surface area contributed by atoms with Gasteiger partial charge in [-0.25, -0.2) is 0 Å². The lowest BCUT2D eigenvalue weighted by Gasteiger charge is -1.64. The molecule has 15 heavy (non-hydrogen) atoms. The Balaban J connectivity index is -0.0000000318. The van der Waals surface area contributed by atoms with E-state index in [9.17, 15) is 0 Å². The van der Waals surface area contributed by atoms with E-state index in [4.69, 9.17) is 5.53 Å². The maximum Gasteiger partial charge on any atom is 0.196 e. The maximum absolute atomic E-state index is 7.61. The van der Waals surface area contributed by atoms with Crippen LogP contribution in [0.2, 0.25) is 0 Å². The van der Waals surface area contributed by atoms with Crippen molar-refractivity contribution in [3.05, 3.63) is 23.1 Å². The van der Waals surface area contributed by atoms with Crippen LogP contribution in [-0.2, 0) is 0 Å². The number of azide groups is 1. The molecule has 0 spiro atoms. The third-order valence-corrected chi connectivity index (χ3v) is 0.193. The average Bonchev–Trinajstić information content (AvgIpc) is 2.27. The zero-order valence-corrected chi connectivity index (χ0v) is 11.8. The number of allylic oxidation sites excluding steroid dienone is 1. The largest absolute Gasteiger partial charge is 0.196 e. The van der Waals surface area contributed by atoms with Crippen molar-refractivity contribution in [3.8, 4) is 0 Å². The third kappa shape index (κ3) is 494. The summed E-state index contributed by atoms with van der Waals surface area (Å²) in [5, 5.41) is 3.03. The van der Waals surface area contributed by atoms with Crippen LogP contribution in [0, 0.1) is 0 Å². The molecule has 0 saturated carbocycles. The van der Waals surface area contributed by atoms with Gasteiger partial charge in [0.1, 0.15) is 6.72 Å². The lowest BCUT2D eigenvalue weighted by molar-refractivity contribution is -0.496. The van der Waals surface area contributed by atoms with E-state index in [1.165, 1.54) is 0 Å². The van der Waals surface area contributed by atoms with Crippen molar-refractivity contribution in [2.75, 3.05) is 7.05 Å². The average molecular weight is 217 g/mol. The van der Waals surface area contributed by atoms with Gasteiger partial charge < -0.3 is 0 Å². The summed E-state index contributed by atoms with van der Waals surface area (Å²) in [5.74, 6) is 0. The first-order chi connectivity index (χ1) is 7.18. The van der Waals surface area contributed by atoms with E-state index in [1.807, 2.05) is 48.5 Å². The summed E-state index contributed by atoms with van der Waals surface area (Å²) in [4.78, 5) is 2.42. The van der Waals surface area contributed by atoms with Crippen molar-refractivity contribution in [1.29, 1.82) is 0 Å². The van der Waals surface area contributed by atoms with Gasteiger partial charge in [0.05, 0.1) is 4.91 Å². The molecule has 0 heterocycles. The Morgan fingerprint density at radius 2 is 1.33 bits per heavy atom. The number of rotatable bonds is 1. The topological polar surface area (TPSA) is 51.8 Å². The summed E-state index contributed by atoms with van der Waals surface area (Å²) in [7, 11) is 1.56. The summed E-state index contributed by atoms with van der Waals surface area (Å²) >= 11 is 0. The van der Waals surface area contributed by atoms with Gasteiger partial charge in [-0.2, -0.15) is 0 Å².